The number of fused-ring (bicyclic) bond motifs is 1. The first-order valence-corrected chi connectivity index (χ1v) is 13.6. The summed E-state index contributed by atoms with van der Waals surface area (Å²) in [6.07, 6.45) is 8.15. The maximum absolute atomic E-state index is 12.9. The first-order valence-electron chi connectivity index (χ1n) is 13.2. The van der Waals surface area contributed by atoms with Crippen LogP contribution in [0.3, 0.4) is 0 Å². The van der Waals surface area contributed by atoms with Gasteiger partial charge in [-0.3, -0.25) is 4.79 Å². The summed E-state index contributed by atoms with van der Waals surface area (Å²) < 4.78 is 56.1. The number of aromatic nitrogens is 2. The Morgan fingerprint density at radius 2 is 1.91 bits per heavy atom. The molecule has 0 amide bonds. The number of sulfone groups is 1. The Morgan fingerprint density at radius 3 is 2.59 bits per heavy atom. The average Bonchev–Trinajstić information content (AvgIpc) is 3.27. The summed E-state index contributed by atoms with van der Waals surface area (Å²) in [6.45, 7) is -0.799. The van der Waals surface area contributed by atoms with Crippen LogP contribution in [0.2, 0.25) is 0 Å². The number of rotatable bonds is 4. The van der Waals surface area contributed by atoms with Crippen LogP contribution in [-0.2, 0) is 16.8 Å². The van der Waals surface area contributed by atoms with E-state index in [0.29, 0.717) is 45.6 Å². The fourth-order valence-electron chi connectivity index (χ4n) is 6.89. The molecule has 8 heteroatoms. The Bertz CT molecular complexity index is 1570. The smallest absolute Gasteiger partial charge is 0.274 e. The zero-order chi connectivity index (χ0) is 26.5. The largest absolute Gasteiger partial charge is 0.487 e. The maximum atomic E-state index is 12.9. The highest BCUT2D eigenvalue weighted by Crippen LogP contribution is 2.61. The zero-order valence-electron chi connectivity index (χ0n) is 22.2. The molecule has 1 aromatic carbocycles. The predicted octanol–water partition coefficient (Wildman–Crippen LogP) is 3.65. The maximum Gasteiger partial charge on any atom is 0.274 e. The number of pyridine rings is 1. The summed E-state index contributed by atoms with van der Waals surface area (Å²) in [5.41, 5.74) is -0.976. The molecule has 180 valence electrons. The van der Waals surface area contributed by atoms with Gasteiger partial charge in [-0.2, -0.15) is 0 Å². The lowest BCUT2D eigenvalue weighted by Gasteiger charge is -2.62. The molecule has 2 heterocycles. The molecule has 3 aromatic rings. The fraction of sp³-hybridized carbons (Fsp3) is 0.500. The van der Waals surface area contributed by atoms with Crippen LogP contribution in [-0.4, -0.2) is 40.5 Å². The molecule has 0 saturated heterocycles. The Morgan fingerprint density at radius 1 is 1.18 bits per heavy atom. The molecule has 4 saturated carbocycles. The second-order valence-corrected chi connectivity index (χ2v) is 12.8. The molecule has 2 unspecified atom stereocenters. The standard InChI is InChI=1S/C26H30N2O5S/c1-25(30)16-8-15-9-17(25)13-26(11-15,12-16)33-22-5-4-18(34(3,31)32)10-20(22)21-14-28(2)24(29)23-19(21)6-7-27-23/h4-7,10,14-17,27,30H,8-9,11-13H2,1-3H3/i2D3. The van der Waals surface area contributed by atoms with E-state index in [2.05, 4.69) is 4.98 Å². The summed E-state index contributed by atoms with van der Waals surface area (Å²) in [4.78, 5) is 15.8. The molecule has 0 aliphatic heterocycles. The fourth-order valence-corrected chi connectivity index (χ4v) is 7.54. The van der Waals surface area contributed by atoms with Crippen LogP contribution in [0, 0.1) is 17.8 Å². The van der Waals surface area contributed by atoms with E-state index in [1.165, 1.54) is 18.3 Å². The van der Waals surface area contributed by atoms with Crippen molar-refractivity contribution in [3.05, 3.63) is 47.0 Å². The Balaban J connectivity index is 1.54. The van der Waals surface area contributed by atoms with Crippen molar-refractivity contribution in [1.29, 1.82) is 0 Å². The van der Waals surface area contributed by atoms with Gasteiger partial charge in [0, 0.05) is 46.3 Å². The molecule has 7 rings (SSSR count). The number of aliphatic hydroxyl groups is 1. The monoisotopic (exact) mass is 485 g/mol. The van der Waals surface area contributed by atoms with E-state index in [-0.39, 0.29) is 22.2 Å². The van der Waals surface area contributed by atoms with Crippen LogP contribution in [0.5, 0.6) is 5.75 Å². The number of ether oxygens (including phenoxy) is 1. The quantitative estimate of drug-likeness (QED) is 0.588. The molecule has 2 aromatic heterocycles. The molecule has 2 N–H and O–H groups in total. The highest BCUT2D eigenvalue weighted by Gasteiger charge is 2.61. The van der Waals surface area contributed by atoms with Crippen molar-refractivity contribution in [2.24, 2.45) is 24.7 Å². The highest BCUT2D eigenvalue weighted by atomic mass is 32.2. The number of hydrogen-bond donors (Lipinski definition) is 2. The van der Waals surface area contributed by atoms with Crippen molar-refractivity contribution in [3.63, 3.8) is 0 Å². The van der Waals surface area contributed by atoms with Crippen molar-refractivity contribution < 1.29 is 22.4 Å². The third-order valence-corrected chi connectivity index (χ3v) is 9.62. The Kier molecular flexibility index (Phi) is 3.84. The lowest BCUT2D eigenvalue weighted by atomic mass is 9.48. The van der Waals surface area contributed by atoms with E-state index in [4.69, 9.17) is 8.85 Å². The minimum absolute atomic E-state index is 0.0682. The Labute approximate surface area is 202 Å². The second-order valence-electron chi connectivity index (χ2n) is 10.8. The summed E-state index contributed by atoms with van der Waals surface area (Å²) in [6, 6.07) is 6.30. The molecule has 4 bridgehead atoms. The van der Waals surface area contributed by atoms with E-state index in [1.807, 2.05) is 6.92 Å². The molecule has 2 atom stereocenters. The number of aryl methyl sites for hydroxylation is 1. The van der Waals surface area contributed by atoms with Crippen molar-refractivity contribution in [1.82, 2.24) is 9.55 Å². The van der Waals surface area contributed by atoms with Gasteiger partial charge in [0.15, 0.2) is 9.84 Å². The third kappa shape index (κ3) is 3.18. The van der Waals surface area contributed by atoms with Crippen LogP contribution in [0.25, 0.3) is 22.0 Å². The third-order valence-electron chi connectivity index (χ3n) is 8.51. The van der Waals surface area contributed by atoms with Gasteiger partial charge in [0.05, 0.1) is 10.5 Å². The minimum atomic E-state index is -3.58. The molecule has 4 fully saturated rings. The van der Waals surface area contributed by atoms with Crippen LogP contribution in [0.15, 0.2) is 46.3 Å². The number of aromatic amines is 1. The van der Waals surface area contributed by atoms with Crippen LogP contribution in [0.1, 0.15) is 43.1 Å². The predicted molar refractivity (Wildman–Crippen MR) is 130 cm³/mol. The van der Waals surface area contributed by atoms with Gasteiger partial charge in [0.25, 0.3) is 5.56 Å². The number of hydrogen-bond acceptors (Lipinski definition) is 5. The average molecular weight is 486 g/mol. The summed E-state index contributed by atoms with van der Waals surface area (Å²) in [5.74, 6) is 1.16. The van der Waals surface area contributed by atoms with E-state index in [1.54, 1.807) is 18.3 Å². The number of nitrogens with zero attached hydrogens (tertiary/aromatic N) is 1. The molecule has 34 heavy (non-hydrogen) atoms. The van der Waals surface area contributed by atoms with Gasteiger partial charge in [-0.15, -0.1) is 0 Å². The van der Waals surface area contributed by atoms with Gasteiger partial charge in [0.2, 0.25) is 0 Å². The van der Waals surface area contributed by atoms with Gasteiger partial charge in [-0.1, -0.05) is 0 Å². The summed E-state index contributed by atoms with van der Waals surface area (Å²) in [5, 5.41) is 11.6. The van der Waals surface area contributed by atoms with Crippen LogP contribution < -0.4 is 10.3 Å². The van der Waals surface area contributed by atoms with Gasteiger partial charge in [-0.05, 0) is 81.0 Å². The van der Waals surface area contributed by atoms with Gasteiger partial charge in [-0.25, -0.2) is 8.42 Å². The number of H-pyrrole nitrogens is 1. The van der Waals surface area contributed by atoms with E-state index in [0.717, 1.165) is 25.5 Å². The van der Waals surface area contributed by atoms with E-state index >= 15 is 0 Å². The lowest BCUT2D eigenvalue weighted by molar-refractivity contribution is -0.210. The van der Waals surface area contributed by atoms with Crippen LogP contribution >= 0.6 is 0 Å². The van der Waals surface area contributed by atoms with Crippen LogP contribution in [0.4, 0.5) is 0 Å². The van der Waals surface area contributed by atoms with Crippen molar-refractivity contribution in [3.8, 4) is 16.9 Å². The first kappa shape index (κ1) is 18.7. The molecule has 0 spiro atoms. The molecule has 0 radical (unpaired) electrons. The topological polar surface area (TPSA) is 101 Å². The minimum Gasteiger partial charge on any atom is -0.487 e. The SMILES string of the molecule is [2H]C([2H])([2H])n1cc(-c2cc(S(C)(=O)=O)ccc2OC23CC4CC(C2)C(C)(O)C(C4)C3)c2cc[nH]c2c1=O. The lowest BCUT2D eigenvalue weighted by Crippen LogP contribution is -2.64. The molecule has 4 aliphatic carbocycles. The first-order chi connectivity index (χ1) is 17.2. The molecular weight excluding hydrogens is 452 g/mol. The van der Waals surface area contributed by atoms with Gasteiger partial charge >= 0.3 is 0 Å². The molecular formula is C26H30N2O5S. The van der Waals surface area contributed by atoms with Gasteiger partial charge < -0.3 is 19.4 Å². The highest BCUT2D eigenvalue weighted by molar-refractivity contribution is 7.90. The van der Waals surface area contributed by atoms with Crippen molar-refractivity contribution >= 4 is 20.7 Å². The Hall–Kier alpha value is -2.58. The second kappa shape index (κ2) is 6.98. The summed E-state index contributed by atoms with van der Waals surface area (Å²) >= 11 is 0. The number of benzene rings is 1. The van der Waals surface area contributed by atoms with Gasteiger partial charge in [0.1, 0.15) is 16.9 Å². The normalized spacial score (nSPS) is 34.1. The molecule has 4 aliphatic rings. The van der Waals surface area contributed by atoms with E-state index < -0.39 is 33.6 Å². The number of nitrogens with one attached hydrogen (secondary N) is 1. The molecule has 7 nitrogen and oxygen atoms in total. The van der Waals surface area contributed by atoms with Crippen molar-refractivity contribution in [2.75, 3.05) is 6.26 Å². The van der Waals surface area contributed by atoms with E-state index in [9.17, 15) is 18.3 Å². The summed E-state index contributed by atoms with van der Waals surface area (Å²) in [7, 11) is -3.58. The zero-order valence-corrected chi connectivity index (χ0v) is 20.0. The van der Waals surface area contributed by atoms with Crippen molar-refractivity contribution in [2.45, 2.75) is 55.1 Å².